The Bertz CT molecular complexity index is 872. The van der Waals surface area contributed by atoms with Crippen LogP contribution in [0.3, 0.4) is 0 Å². The van der Waals surface area contributed by atoms with Gasteiger partial charge in [0.1, 0.15) is 16.5 Å². The zero-order valence-electron chi connectivity index (χ0n) is 13.8. The van der Waals surface area contributed by atoms with E-state index in [0.717, 1.165) is 10.7 Å². The lowest BCUT2D eigenvalue weighted by Crippen LogP contribution is -2.18. The normalized spacial score (nSPS) is 12.7. The monoisotopic (exact) mass is 387 g/mol. The highest BCUT2D eigenvalue weighted by molar-refractivity contribution is 8.01. The van der Waals surface area contributed by atoms with Crippen LogP contribution in [0.25, 0.3) is 11.3 Å². The van der Waals surface area contributed by atoms with Gasteiger partial charge in [0, 0.05) is 18.3 Å². The molecular formula is C14H16F3N7OS. The summed E-state index contributed by atoms with van der Waals surface area (Å²) in [5.74, 6) is -0.547. The van der Waals surface area contributed by atoms with Crippen LogP contribution in [0.4, 0.5) is 24.8 Å². The van der Waals surface area contributed by atoms with E-state index >= 15 is 0 Å². The summed E-state index contributed by atoms with van der Waals surface area (Å²) in [7, 11) is 1.36. The number of alkyl halides is 3. The summed E-state index contributed by atoms with van der Waals surface area (Å²) in [6, 6.07) is 3.70. The molecule has 0 unspecified atom stereocenters. The number of pyridine rings is 1. The van der Waals surface area contributed by atoms with Crippen molar-refractivity contribution < 1.29 is 18.0 Å². The molecule has 140 valence electrons. The quantitative estimate of drug-likeness (QED) is 0.464. The molecule has 26 heavy (non-hydrogen) atoms. The molecule has 2 aromatic rings. The van der Waals surface area contributed by atoms with Crippen molar-refractivity contribution in [1.29, 1.82) is 0 Å². The molecule has 0 saturated carbocycles. The zero-order valence-corrected chi connectivity index (χ0v) is 14.6. The number of nitrogens with one attached hydrogen (secondary N) is 1. The Balaban J connectivity index is 2.33. The number of nitrogen functional groups attached to an aromatic ring is 1. The fourth-order valence-corrected chi connectivity index (χ4v) is 2.46. The van der Waals surface area contributed by atoms with Gasteiger partial charge in [-0.05, 0) is 37.1 Å². The van der Waals surface area contributed by atoms with Gasteiger partial charge in [0.2, 0.25) is 0 Å². The maximum atomic E-state index is 12.8. The molecule has 0 bridgehead atoms. The molecule has 0 radical (unpaired) electrons. The summed E-state index contributed by atoms with van der Waals surface area (Å²) in [4.78, 5) is 16.1. The second-order valence-corrected chi connectivity index (χ2v) is 5.89. The maximum Gasteiger partial charge on any atom is 0.435 e. The molecule has 0 fully saturated rings. The molecule has 2 aromatic heterocycles. The number of rotatable bonds is 4. The number of carbonyl (C=O) groups excluding carboxylic acids is 1. The predicted octanol–water partition coefficient (Wildman–Crippen LogP) is 1.82. The lowest BCUT2D eigenvalue weighted by atomic mass is 10.1. The Labute approximate surface area is 150 Å². The van der Waals surface area contributed by atoms with Crippen LogP contribution < -0.4 is 21.9 Å². The summed E-state index contributed by atoms with van der Waals surface area (Å²) in [6.45, 7) is 1.51. The van der Waals surface area contributed by atoms with Crippen molar-refractivity contribution in [3.05, 3.63) is 34.5 Å². The molecule has 8 nitrogen and oxygen atoms in total. The van der Waals surface area contributed by atoms with Crippen molar-refractivity contribution in [3.63, 3.8) is 0 Å². The predicted molar refractivity (Wildman–Crippen MR) is 93.1 cm³/mol. The Morgan fingerprint density at radius 2 is 2.00 bits per heavy atom. The third-order valence-corrected chi connectivity index (χ3v) is 4.04. The van der Waals surface area contributed by atoms with Gasteiger partial charge in [0.05, 0.1) is 5.69 Å². The standard InChI is InChI=1S/C14H16F3N7OS/c1-6(18)11(26-20)13(25)22-10-4-3-7(12(19)21-10)8-5-9(14(15,16)17)23-24(8)2/h3-5H,18,20H2,1-2H3,(H3,19,21,22,25)/b11-6-. The van der Waals surface area contributed by atoms with E-state index in [1.807, 2.05) is 0 Å². The van der Waals surface area contributed by atoms with Gasteiger partial charge in [-0.2, -0.15) is 18.3 Å². The molecule has 7 N–H and O–H groups in total. The maximum absolute atomic E-state index is 12.8. The first-order chi connectivity index (χ1) is 12.0. The van der Waals surface area contributed by atoms with Gasteiger partial charge in [-0.15, -0.1) is 0 Å². The Kier molecular flexibility index (Phi) is 5.47. The summed E-state index contributed by atoms with van der Waals surface area (Å²) < 4.78 is 39.4. The van der Waals surface area contributed by atoms with Gasteiger partial charge in [0.25, 0.3) is 5.91 Å². The number of carbonyl (C=O) groups is 1. The molecule has 2 heterocycles. The van der Waals surface area contributed by atoms with E-state index in [1.54, 1.807) is 0 Å². The molecule has 0 spiro atoms. The first kappa shape index (κ1) is 19.6. The fraction of sp³-hybridized carbons (Fsp3) is 0.214. The second-order valence-electron chi connectivity index (χ2n) is 5.25. The Morgan fingerprint density at radius 1 is 1.35 bits per heavy atom. The lowest BCUT2D eigenvalue weighted by Gasteiger charge is -2.10. The fourth-order valence-electron chi connectivity index (χ4n) is 2.12. The number of aromatic nitrogens is 3. The van der Waals surface area contributed by atoms with Crippen LogP contribution in [0.2, 0.25) is 0 Å². The van der Waals surface area contributed by atoms with E-state index in [1.165, 1.54) is 26.1 Å². The molecule has 0 atom stereocenters. The average Bonchev–Trinajstić information content (AvgIpc) is 2.89. The number of nitrogens with two attached hydrogens (primary N) is 3. The smallest absolute Gasteiger partial charge is 0.401 e. The first-order valence-corrected chi connectivity index (χ1v) is 7.95. The van der Waals surface area contributed by atoms with Crippen LogP contribution in [0.1, 0.15) is 12.6 Å². The minimum absolute atomic E-state index is 0.0741. The number of allylic oxidation sites excluding steroid dienone is 1. The molecule has 0 aliphatic rings. The minimum Gasteiger partial charge on any atom is -0.401 e. The third-order valence-electron chi connectivity index (χ3n) is 3.29. The summed E-state index contributed by atoms with van der Waals surface area (Å²) in [6.07, 6.45) is -4.57. The van der Waals surface area contributed by atoms with E-state index in [9.17, 15) is 18.0 Å². The molecular weight excluding hydrogens is 371 g/mol. The van der Waals surface area contributed by atoms with Crippen LogP contribution in [0, 0.1) is 0 Å². The van der Waals surface area contributed by atoms with E-state index in [4.69, 9.17) is 16.6 Å². The molecule has 12 heteroatoms. The highest BCUT2D eigenvalue weighted by Gasteiger charge is 2.35. The number of halogens is 3. The van der Waals surface area contributed by atoms with E-state index in [2.05, 4.69) is 15.4 Å². The van der Waals surface area contributed by atoms with Crippen molar-refractivity contribution in [1.82, 2.24) is 14.8 Å². The molecule has 0 aliphatic heterocycles. The first-order valence-electron chi connectivity index (χ1n) is 7.07. The summed E-state index contributed by atoms with van der Waals surface area (Å²) >= 11 is 0.682. The van der Waals surface area contributed by atoms with Gasteiger partial charge in [-0.3, -0.25) is 14.6 Å². The number of anilines is 2. The number of nitrogens with zero attached hydrogens (tertiary/aromatic N) is 3. The van der Waals surface area contributed by atoms with Crippen molar-refractivity contribution in [2.24, 2.45) is 17.9 Å². The van der Waals surface area contributed by atoms with Crippen molar-refractivity contribution >= 4 is 29.5 Å². The van der Waals surface area contributed by atoms with Gasteiger partial charge in [-0.25, -0.2) is 4.98 Å². The van der Waals surface area contributed by atoms with Gasteiger partial charge < -0.3 is 16.8 Å². The zero-order chi connectivity index (χ0) is 19.6. The van der Waals surface area contributed by atoms with Crippen LogP contribution in [-0.2, 0) is 18.0 Å². The van der Waals surface area contributed by atoms with Crippen LogP contribution in [0.15, 0.2) is 28.8 Å². The van der Waals surface area contributed by atoms with Crippen molar-refractivity contribution in [2.45, 2.75) is 13.1 Å². The summed E-state index contributed by atoms with van der Waals surface area (Å²) in [5, 5.41) is 11.3. The van der Waals surface area contributed by atoms with Crippen molar-refractivity contribution in [2.75, 3.05) is 11.1 Å². The SMILES string of the molecule is C/C(N)=C(/SN)C(=O)Nc1ccc(-c2cc(C(F)(F)F)nn2C)c(N)n1. The molecule has 1 amide bonds. The number of hydrogen-bond acceptors (Lipinski definition) is 7. The van der Waals surface area contributed by atoms with Gasteiger partial charge >= 0.3 is 6.18 Å². The third kappa shape index (κ3) is 4.08. The summed E-state index contributed by atoms with van der Waals surface area (Å²) in [5.41, 5.74) is 11.0. The average molecular weight is 387 g/mol. The number of aryl methyl sites for hydroxylation is 1. The van der Waals surface area contributed by atoms with Gasteiger partial charge in [0.15, 0.2) is 5.69 Å². The van der Waals surface area contributed by atoms with Gasteiger partial charge in [-0.1, -0.05) is 0 Å². The Morgan fingerprint density at radius 3 is 2.46 bits per heavy atom. The molecule has 0 aromatic carbocycles. The lowest BCUT2D eigenvalue weighted by molar-refractivity contribution is -0.141. The van der Waals surface area contributed by atoms with Crippen molar-refractivity contribution in [3.8, 4) is 11.3 Å². The van der Waals surface area contributed by atoms with Crippen LogP contribution in [0.5, 0.6) is 0 Å². The minimum atomic E-state index is -4.57. The van der Waals surface area contributed by atoms with Crippen LogP contribution in [-0.4, -0.2) is 20.7 Å². The number of hydrogen-bond donors (Lipinski definition) is 4. The van der Waals surface area contributed by atoms with E-state index in [-0.39, 0.29) is 33.5 Å². The van der Waals surface area contributed by atoms with Crippen LogP contribution >= 0.6 is 11.9 Å². The molecule has 2 rings (SSSR count). The second kappa shape index (κ2) is 7.25. The van der Waals surface area contributed by atoms with E-state index in [0.29, 0.717) is 11.9 Å². The Hall–Kier alpha value is -2.73. The van der Waals surface area contributed by atoms with E-state index < -0.39 is 17.8 Å². The molecule has 0 aliphatic carbocycles. The number of amides is 1. The highest BCUT2D eigenvalue weighted by atomic mass is 32.2. The molecule has 0 saturated heterocycles. The highest BCUT2D eigenvalue weighted by Crippen LogP contribution is 2.33. The topological polar surface area (TPSA) is 138 Å². The largest absolute Gasteiger partial charge is 0.435 e.